The number of alkyl halides is 3. The molecule has 2 unspecified atom stereocenters. The Labute approximate surface area is 176 Å². The van der Waals surface area contributed by atoms with Crippen LogP contribution in [0.25, 0.3) is 0 Å². The molecular weight excluding hydrogens is 455 g/mol. The number of hydrogen-bond acceptors (Lipinski definition) is 4. The van der Waals surface area contributed by atoms with Crippen LogP contribution in [0.3, 0.4) is 0 Å². The van der Waals surface area contributed by atoms with Crippen molar-refractivity contribution in [2.45, 2.75) is 49.5 Å². The highest BCUT2D eigenvalue weighted by Crippen LogP contribution is 2.39. The largest absolute Gasteiger partial charge is 0.490 e. The Bertz CT molecular complexity index is 724. The minimum atomic E-state index is -5.08. The van der Waals surface area contributed by atoms with Crippen molar-refractivity contribution in [2.24, 2.45) is 0 Å². The van der Waals surface area contributed by atoms with Crippen LogP contribution < -0.4 is 10.6 Å². The summed E-state index contributed by atoms with van der Waals surface area (Å²) in [5.74, 6) is -2.61. The van der Waals surface area contributed by atoms with E-state index in [0.29, 0.717) is 12.1 Å². The number of piperidine rings is 1. The van der Waals surface area contributed by atoms with Gasteiger partial charge in [0, 0.05) is 23.6 Å². The maximum atomic E-state index is 12.0. The molecule has 2 fully saturated rings. The smallest absolute Gasteiger partial charge is 0.475 e. The number of likely N-dealkylation sites (tertiary alicyclic amines) is 1. The van der Waals surface area contributed by atoms with Crippen molar-refractivity contribution in [3.05, 3.63) is 34.3 Å². The van der Waals surface area contributed by atoms with Gasteiger partial charge in [-0.2, -0.15) is 13.2 Å². The van der Waals surface area contributed by atoms with Gasteiger partial charge >= 0.3 is 12.1 Å². The number of likely N-dealkylation sites (N-methyl/N-ethyl adjacent to an activating group) is 1. The summed E-state index contributed by atoms with van der Waals surface area (Å²) >= 11 is 3.50. The molecular formula is C19H25BrF3N3O3. The SMILES string of the molecule is CNC(=O)C1(NC2CCN(C)C(c3ccc(Br)cc3)C2)CC1.O=C(O)C(F)(F)F. The van der Waals surface area contributed by atoms with E-state index in [2.05, 4.69) is 62.8 Å². The van der Waals surface area contributed by atoms with Crippen molar-refractivity contribution in [1.82, 2.24) is 15.5 Å². The lowest BCUT2D eigenvalue weighted by atomic mass is 9.91. The number of carboxylic acids is 1. The second-order valence-corrected chi connectivity index (χ2v) is 8.29. The quantitative estimate of drug-likeness (QED) is 0.618. The summed E-state index contributed by atoms with van der Waals surface area (Å²) in [5.41, 5.74) is 1.06. The van der Waals surface area contributed by atoms with Crippen LogP contribution >= 0.6 is 15.9 Å². The van der Waals surface area contributed by atoms with Gasteiger partial charge in [-0.25, -0.2) is 4.79 Å². The summed E-state index contributed by atoms with van der Waals surface area (Å²) in [4.78, 5) is 23.3. The van der Waals surface area contributed by atoms with Crippen LogP contribution in [0, 0.1) is 0 Å². The Kier molecular flexibility index (Phi) is 7.69. The average Bonchev–Trinajstić information content (AvgIpc) is 3.44. The lowest BCUT2D eigenvalue weighted by molar-refractivity contribution is -0.192. The number of nitrogens with zero attached hydrogens (tertiary/aromatic N) is 1. The molecule has 0 aromatic heterocycles. The number of carbonyl (C=O) groups is 2. The molecule has 1 saturated heterocycles. The van der Waals surface area contributed by atoms with E-state index in [0.717, 1.165) is 36.7 Å². The first-order valence-corrected chi connectivity index (χ1v) is 10.0. The topological polar surface area (TPSA) is 81.7 Å². The van der Waals surface area contributed by atoms with Crippen molar-refractivity contribution in [1.29, 1.82) is 0 Å². The van der Waals surface area contributed by atoms with Gasteiger partial charge in [-0.3, -0.25) is 9.69 Å². The van der Waals surface area contributed by atoms with E-state index < -0.39 is 12.1 Å². The average molecular weight is 480 g/mol. The molecule has 1 aliphatic heterocycles. The summed E-state index contributed by atoms with van der Waals surface area (Å²) in [6, 6.07) is 9.42. The monoisotopic (exact) mass is 479 g/mol. The van der Waals surface area contributed by atoms with Gasteiger partial charge in [0.05, 0.1) is 5.54 Å². The van der Waals surface area contributed by atoms with Crippen LogP contribution in [0.2, 0.25) is 0 Å². The number of hydrogen-bond donors (Lipinski definition) is 3. The van der Waals surface area contributed by atoms with Crippen LogP contribution in [0.15, 0.2) is 28.7 Å². The molecule has 2 aliphatic rings. The Morgan fingerprint density at radius 3 is 2.24 bits per heavy atom. The predicted molar refractivity (Wildman–Crippen MR) is 105 cm³/mol. The third kappa shape index (κ3) is 6.42. The third-order valence-electron chi connectivity index (χ3n) is 5.26. The van der Waals surface area contributed by atoms with E-state index in [1.54, 1.807) is 7.05 Å². The maximum Gasteiger partial charge on any atom is 0.490 e. The van der Waals surface area contributed by atoms with Crippen LogP contribution in [-0.2, 0) is 9.59 Å². The summed E-state index contributed by atoms with van der Waals surface area (Å²) < 4.78 is 32.8. The fourth-order valence-electron chi connectivity index (χ4n) is 3.48. The Hall–Kier alpha value is -1.65. The number of carbonyl (C=O) groups excluding carboxylic acids is 1. The Balaban J connectivity index is 0.000000370. The van der Waals surface area contributed by atoms with Gasteiger partial charge in [0.15, 0.2) is 0 Å². The van der Waals surface area contributed by atoms with Crippen LogP contribution in [0.5, 0.6) is 0 Å². The van der Waals surface area contributed by atoms with Crippen LogP contribution in [0.4, 0.5) is 13.2 Å². The van der Waals surface area contributed by atoms with E-state index >= 15 is 0 Å². The normalized spacial score (nSPS) is 23.5. The predicted octanol–water partition coefficient (Wildman–Crippen LogP) is 3.09. The molecule has 0 bridgehead atoms. The van der Waals surface area contributed by atoms with E-state index in [4.69, 9.17) is 9.90 Å². The van der Waals surface area contributed by atoms with Crippen LogP contribution in [-0.4, -0.2) is 60.3 Å². The van der Waals surface area contributed by atoms with E-state index in [9.17, 15) is 18.0 Å². The minimum absolute atomic E-state index is 0.145. The Morgan fingerprint density at radius 2 is 1.79 bits per heavy atom. The minimum Gasteiger partial charge on any atom is -0.475 e. The molecule has 3 N–H and O–H groups in total. The standard InChI is InChI=1S/C17H24BrN3O.C2HF3O2/c1-19-16(22)17(8-9-17)20-14-7-10-21(2)15(11-14)12-3-5-13(18)6-4-12;3-2(4,5)1(6)7/h3-6,14-15,20H,7-11H2,1-2H3,(H,19,22);(H,6,7). The number of aliphatic carboxylic acids is 1. The lowest BCUT2D eigenvalue weighted by Gasteiger charge is -2.39. The summed E-state index contributed by atoms with van der Waals surface area (Å²) in [7, 11) is 3.91. The molecule has 29 heavy (non-hydrogen) atoms. The fourth-order valence-corrected chi connectivity index (χ4v) is 3.75. The summed E-state index contributed by atoms with van der Waals surface area (Å²) in [6.07, 6.45) is -1.01. The first-order chi connectivity index (χ1) is 13.5. The number of carboxylic acid groups (broad SMARTS) is 1. The molecule has 1 aromatic carbocycles. The van der Waals surface area contributed by atoms with Crippen molar-refractivity contribution in [2.75, 3.05) is 20.6 Å². The highest BCUT2D eigenvalue weighted by Gasteiger charge is 2.50. The summed E-state index contributed by atoms with van der Waals surface area (Å²) in [6.45, 7) is 1.06. The zero-order valence-corrected chi connectivity index (χ0v) is 17.8. The van der Waals surface area contributed by atoms with Crippen molar-refractivity contribution >= 4 is 27.8 Å². The van der Waals surface area contributed by atoms with Gasteiger partial charge < -0.3 is 15.7 Å². The van der Waals surface area contributed by atoms with Gasteiger partial charge in [0.2, 0.25) is 5.91 Å². The van der Waals surface area contributed by atoms with Gasteiger partial charge in [-0.05, 0) is 57.0 Å². The van der Waals surface area contributed by atoms with Gasteiger partial charge in [0.1, 0.15) is 0 Å². The zero-order chi connectivity index (χ0) is 21.8. The molecule has 0 radical (unpaired) electrons. The lowest BCUT2D eigenvalue weighted by Crippen LogP contribution is -2.53. The number of nitrogens with one attached hydrogen (secondary N) is 2. The van der Waals surface area contributed by atoms with Gasteiger partial charge in [-0.15, -0.1) is 0 Å². The molecule has 1 saturated carbocycles. The van der Waals surface area contributed by atoms with Gasteiger partial charge in [-0.1, -0.05) is 28.1 Å². The number of halogens is 4. The van der Waals surface area contributed by atoms with Crippen molar-refractivity contribution in [3.63, 3.8) is 0 Å². The molecule has 162 valence electrons. The van der Waals surface area contributed by atoms with E-state index in [1.165, 1.54) is 5.56 Å². The molecule has 0 spiro atoms. The molecule has 10 heteroatoms. The van der Waals surface area contributed by atoms with Crippen LogP contribution in [0.1, 0.15) is 37.3 Å². The molecule has 1 aromatic rings. The fraction of sp³-hybridized carbons (Fsp3) is 0.579. The zero-order valence-electron chi connectivity index (χ0n) is 16.2. The molecule has 1 amide bonds. The highest BCUT2D eigenvalue weighted by molar-refractivity contribution is 9.10. The highest BCUT2D eigenvalue weighted by atomic mass is 79.9. The molecule has 3 rings (SSSR count). The van der Waals surface area contributed by atoms with E-state index in [-0.39, 0.29) is 11.4 Å². The maximum absolute atomic E-state index is 12.0. The number of amides is 1. The second kappa shape index (κ2) is 9.44. The first-order valence-electron chi connectivity index (χ1n) is 9.24. The summed E-state index contributed by atoms with van der Waals surface area (Å²) in [5, 5.41) is 13.6. The Morgan fingerprint density at radius 1 is 1.24 bits per heavy atom. The first kappa shape index (κ1) is 23.6. The van der Waals surface area contributed by atoms with Gasteiger partial charge in [0.25, 0.3) is 0 Å². The van der Waals surface area contributed by atoms with E-state index in [1.807, 2.05) is 0 Å². The molecule has 2 atom stereocenters. The van der Waals surface area contributed by atoms with Crippen molar-refractivity contribution in [3.8, 4) is 0 Å². The van der Waals surface area contributed by atoms with Crippen molar-refractivity contribution < 1.29 is 27.9 Å². The second-order valence-electron chi connectivity index (χ2n) is 7.38. The molecule has 6 nitrogen and oxygen atoms in total. The third-order valence-corrected chi connectivity index (χ3v) is 5.79. The number of rotatable bonds is 4. The molecule has 1 heterocycles. The number of benzene rings is 1. The molecule has 1 aliphatic carbocycles.